The second-order valence-corrected chi connectivity index (χ2v) is 9.02. The van der Waals surface area contributed by atoms with E-state index in [-0.39, 0.29) is 0 Å². The highest BCUT2D eigenvalue weighted by Crippen LogP contribution is 2.29. The van der Waals surface area contributed by atoms with Crippen molar-refractivity contribution >= 4 is 21.8 Å². The van der Waals surface area contributed by atoms with E-state index >= 15 is 0 Å². The quantitative estimate of drug-likeness (QED) is 0.239. The van der Waals surface area contributed by atoms with Crippen LogP contribution in [0, 0.1) is 0 Å². The minimum atomic E-state index is 0.630. The van der Waals surface area contributed by atoms with Gasteiger partial charge >= 0.3 is 0 Å². The van der Waals surface area contributed by atoms with Crippen molar-refractivity contribution in [2.45, 2.75) is 0 Å². The van der Waals surface area contributed by atoms with Crippen LogP contribution in [0.1, 0.15) is 0 Å². The minimum Gasteiger partial charge on any atom is -0.254 e. The van der Waals surface area contributed by atoms with Crippen LogP contribution in [0.3, 0.4) is 0 Å². The number of fused-ring (bicyclic) bond motifs is 3. The zero-order chi connectivity index (χ0) is 25.3. The first kappa shape index (κ1) is 21.9. The monoisotopic (exact) mass is 487 g/mol. The summed E-state index contributed by atoms with van der Waals surface area (Å²) < 4.78 is 0. The van der Waals surface area contributed by atoms with Crippen LogP contribution in [0.5, 0.6) is 0 Å². The van der Waals surface area contributed by atoms with E-state index in [1.165, 1.54) is 0 Å². The van der Waals surface area contributed by atoms with Crippen molar-refractivity contribution in [3.63, 3.8) is 0 Å². The smallest absolute Gasteiger partial charge is 0.164 e. The lowest BCUT2D eigenvalue weighted by atomic mass is 10.1. The number of aromatic nitrogens is 5. The maximum absolute atomic E-state index is 4.98. The van der Waals surface area contributed by atoms with Gasteiger partial charge in [0.1, 0.15) is 0 Å². The molecule has 0 unspecified atom stereocenters. The number of hydrogen-bond donors (Lipinski definition) is 0. The normalized spacial score (nSPS) is 11.2. The third-order valence-electron chi connectivity index (χ3n) is 6.57. The van der Waals surface area contributed by atoms with Gasteiger partial charge in [0.25, 0.3) is 0 Å². The van der Waals surface area contributed by atoms with Crippen LogP contribution < -0.4 is 0 Å². The maximum Gasteiger partial charge on any atom is 0.164 e. The molecule has 3 aromatic heterocycles. The number of hydrogen-bond acceptors (Lipinski definition) is 5. The van der Waals surface area contributed by atoms with Crippen molar-refractivity contribution in [2.75, 3.05) is 0 Å². The van der Waals surface area contributed by atoms with Crippen LogP contribution >= 0.6 is 0 Å². The Bertz CT molecular complexity index is 1840. The van der Waals surface area contributed by atoms with E-state index in [0.29, 0.717) is 17.5 Å². The lowest BCUT2D eigenvalue weighted by Crippen LogP contribution is -2.00. The van der Waals surface area contributed by atoms with Crippen LogP contribution in [0.15, 0.2) is 128 Å². The van der Waals surface area contributed by atoms with E-state index in [4.69, 9.17) is 19.9 Å². The Kier molecular flexibility index (Phi) is 5.37. The van der Waals surface area contributed by atoms with Gasteiger partial charge in [0, 0.05) is 39.2 Å². The summed E-state index contributed by atoms with van der Waals surface area (Å²) in [5.41, 5.74) is 6.55. The molecule has 0 aliphatic rings. The van der Waals surface area contributed by atoms with Crippen LogP contribution in [-0.2, 0) is 0 Å². The first-order valence-electron chi connectivity index (χ1n) is 12.4. The highest BCUT2D eigenvalue weighted by Gasteiger charge is 2.13. The standard InChI is InChI=1S/C33H21N5/c1-3-8-25(9-4-1)31-36-32(26-10-5-2-6-11-26)38-33(37-31)27-17-13-22(14-18-27)28-20-19-24-16-15-23-12-7-21-34-29(23)30(24)35-28/h1-21H. The van der Waals surface area contributed by atoms with Gasteiger partial charge in [0.15, 0.2) is 17.5 Å². The van der Waals surface area contributed by atoms with E-state index in [1.54, 1.807) is 0 Å². The molecule has 0 atom stereocenters. The Morgan fingerprint density at radius 1 is 0.342 bits per heavy atom. The Hall–Kier alpha value is -5.29. The zero-order valence-corrected chi connectivity index (χ0v) is 20.4. The van der Waals surface area contributed by atoms with E-state index in [2.05, 4.69) is 47.4 Å². The van der Waals surface area contributed by atoms with Crippen molar-refractivity contribution in [3.8, 4) is 45.4 Å². The molecule has 5 heteroatoms. The molecule has 0 amide bonds. The zero-order valence-electron chi connectivity index (χ0n) is 20.4. The molecular weight excluding hydrogens is 466 g/mol. The number of benzene rings is 4. The van der Waals surface area contributed by atoms with Crippen LogP contribution in [-0.4, -0.2) is 24.9 Å². The van der Waals surface area contributed by atoms with Crippen LogP contribution in [0.25, 0.3) is 67.2 Å². The summed E-state index contributed by atoms with van der Waals surface area (Å²) in [4.78, 5) is 24.0. The first-order valence-corrected chi connectivity index (χ1v) is 12.4. The Morgan fingerprint density at radius 2 is 0.842 bits per heavy atom. The summed E-state index contributed by atoms with van der Waals surface area (Å²) in [6, 6.07) is 40.6. The average Bonchev–Trinajstić information content (AvgIpc) is 3.01. The third-order valence-corrected chi connectivity index (χ3v) is 6.57. The Balaban J connectivity index is 1.30. The molecule has 178 valence electrons. The van der Waals surface area contributed by atoms with Crippen molar-refractivity contribution in [1.82, 2.24) is 24.9 Å². The first-order chi connectivity index (χ1) is 18.8. The van der Waals surface area contributed by atoms with Gasteiger partial charge in [-0.1, -0.05) is 109 Å². The fraction of sp³-hybridized carbons (Fsp3) is 0. The second kappa shape index (κ2) is 9.30. The Labute approximate surface area is 219 Å². The lowest BCUT2D eigenvalue weighted by molar-refractivity contribution is 1.07. The SMILES string of the molecule is c1ccc(-c2nc(-c3ccccc3)nc(-c3ccc(-c4ccc5ccc6cccnc6c5n4)cc3)n2)cc1. The van der Waals surface area contributed by atoms with E-state index in [0.717, 1.165) is 49.8 Å². The molecule has 7 aromatic rings. The molecule has 7 rings (SSSR count). The molecule has 0 saturated heterocycles. The molecule has 0 fully saturated rings. The summed E-state index contributed by atoms with van der Waals surface area (Å²) in [5, 5.41) is 2.15. The molecule has 3 heterocycles. The van der Waals surface area contributed by atoms with Crippen LogP contribution in [0.4, 0.5) is 0 Å². The highest BCUT2D eigenvalue weighted by molar-refractivity contribution is 6.03. The average molecular weight is 488 g/mol. The largest absolute Gasteiger partial charge is 0.254 e. The van der Waals surface area contributed by atoms with Crippen LogP contribution in [0.2, 0.25) is 0 Å². The number of pyridine rings is 2. The summed E-state index contributed by atoms with van der Waals surface area (Å²) in [6.45, 7) is 0. The fourth-order valence-corrected chi connectivity index (χ4v) is 4.61. The van der Waals surface area contributed by atoms with Crippen molar-refractivity contribution in [2.24, 2.45) is 0 Å². The molecule has 5 nitrogen and oxygen atoms in total. The van der Waals surface area contributed by atoms with Gasteiger partial charge in [0.2, 0.25) is 0 Å². The van der Waals surface area contributed by atoms with Gasteiger partial charge < -0.3 is 0 Å². The highest BCUT2D eigenvalue weighted by atomic mass is 15.0. The van der Waals surface area contributed by atoms with Gasteiger partial charge in [0.05, 0.1) is 16.7 Å². The molecule has 0 radical (unpaired) electrons. The molecule has 0 aliphatic heterocycles. The Morgan fingerprint density at radius 3 is 1.45 bits per heavy atom. The summed E-state index contributed by atoms with van der Waals surface area (Å²) >= 11 is 0. The summed E-state index contributed by atoms with van der Waals surface area (Å²) in [5.74, 6) is 1.93. The second-order valence-electron chi connectivity index (χ2n) is 9.02. The van der Waals surface area contributed by atoms with Gasteiger partial charge in [-0.15, -0.1) is 0 Å². The van der Waals surface area contributed by atoms with E-state index in [9.17, 15) is 0 Å². The topological polar surface area (TPSA) is 64.5 Å². The summed E-state index contributed by atoms with van der Waals surface area (Å²) in [7, 11) is 0. The number of rotatable bonds is 4. The molecule has 0 aliphatic carbocycles. The molecule has 0 spiro atoms. The van der Waals surface area contributed by atoms with E-state index < -0.39 is 0 Å². The van der Waals surface area contributed by atoms with Gasteiger partial charge in [-0.05, 0) is 12.1 Å². The lowest BCUT2D eigenvalue weighted by Gasteiger charge is -2.09. The van der Waals surface area contributed by atoms with Gasteiger partial charge in [-0.3, -0.25) is 4.98 Å². The summed E-state index contributed by atoms with van der Waals surface area (Å²) in [6.07, 6.45) is 1.81. The molecule has 0 bridgehead atoms. The van der Waals surface area contributed by atoms with Crippen molar-refractivity contribution in [3.05, 3.63) is 128 Å². The van der Waals surface area contributed by atoms with E-state index in [1.807, 2.05) is 85.1 Å². The maximum atomic E-state index is 4.98. The van der Waals surface area contributed by atoms with Crippen molar-refractivity contribution < 1.29 is 0 Å². The minimum absolute atomic E-state index is 0.630. The predicted molar refractivity (Wildman–Crippen MR) is 152 cm³/mol. The molecule has 4 aromatic carbocycles. The molecule has 0 saturated carbocycles. The molecular formula is C33H21N5. The van der Waals surface area contributed by atoms with Gasteiger partial charge in [-0.2, -0.15) is 0 Å². The number of nitrogens with zero attached hydrogens (tertiary/aromatic N) is 5. The predicted octanol–water partition coefficient (Wildman–Crippen LogP) is 7.64. The third kappa shape index (κ3) is 4.06. The fourth-order valence-electron chi connectivity index (χ4n) is 4.61. The molecule has 38 heavy (non-hydrogen) atoms. The molecule has 0 N–H and O–H groups in total. The van der Waals surface area contributed by atoms with Crippen molar-refractivity contribution in [1.29, 1.82) is 0 Å². The van der Waals surface area contributed by atoms with Gasteiger partial charge in [-0.25, -0.2) is 19.9 Å².